The van der Waals surface area contributed by atoms with E-state index in [0.717, 1.165) is 12.5 Å². The number of rotatable bonds is 0. The molecule has 2 unspecified atom stereocenters. The molecular weight excluding hydrogens is 150 g/mol. The van der Waals surface area contributed by atoms with Gasteiger partial charge in [0.2, 0.25) is 0 Å². The van der Waals surface area contributed by atoms with Crippen LogP contribution in [0.25, 0.3) is 0 Å². The Labute approximate surface area is 73.7 Å². The molecule has 0 aromatic heterocycles. The summed E-state index contributed by atoms with van der Waals surface area (Å²) in [6.45, 7) is 2.36. The maximum atomic E-state index is 6.15. The zero-order chi connectivity index (χ0) is 8.02. The van der Waals surface area contributed by atoms with E-state index in [-0.39, 0.29) is 0 Å². The Hall–Kier alpha value is -0.0800. The van der Waals surface area contributed by atoms with Crippen LogP contribution in [0, 0.1) is 5.92 Å². The van der Waals surface area contributed by atoms with Gasteiger partial charge >= 0.3 is 0 Å². The van der Waals surface area contributed by atoms with Gasteiger partial charge in [-0.15, -0.1) is 0 Å². The SMILES string of the molecule is C1CC2(C1)CC1CNCCC1O2. The minimum Gasteiger partial charge on any atom is -0.371 e. The van der Waals surface area contributed by atoms with Gasteiger partial charge < -0.3 is 10.1 Å². The number of hydrogen-bond acceptors (Lipinski definition) is 2. The number of piperidine rings is 1. The summed E-state index contributed by atoms with van der Waals surface area (Å²) >= 11 is 0. The van der Waals surface area contributed by atoms with Crippen molar-refractivity contribution in [2.24, 2.45) is 5.92 Å². The van der Waals surface area contributed by atoms with E-state index in [1.807, 2.05) is 0 Å². The van der Waals surface area contributed by atoms with Gasteiger partial charge in [-0.1, -0.05) is 0 Å². The second-order valence-corrected chi connectivity index (χ2v) is 4.65. The fourth-order valence-electron chi connectivity index (χ4n) is 3.00. The van der Waals surface area contributed by atoms with Gasteiger partial charge in [0.25, 0.3) is 0 Å². The van der Waals surface area contributed by atoms with Crippen molar-refractivity contribution in [3.05, 3.63) is 0 Å². The van der Waals surface area contributed by atoms with Crippen LogP contribution in [0.1, 0.15) is 32.1 Å². The van der Waals surface area contributed by atoms with Gasteiger partial charge in [0.05, 0.1) is 11.7 Å². The van der Waals surface area contributed by atoms with E-state index in [1.165, 1.54) is 38.6 Å². The molecular formula is C10H17NO. The third-order valence-corrected chi connectivity index (χ3v) is 3.84. The fraction of sp³-hybridized carbons (Fsp3) is 1.00. The van der Waals surface area contributed by atoms with Crippen LogP contribution in [0.4, 0.5) is 0 Å². The Bertz CT molecular complexity index is 172. The monoisotopic (exact) mass is 167 g/mol. The van der Waals surface area contributed by atoms with E-state index >= 15 is 0 Å². The van der Waals surface area contributed by atoms with E-state index < -0.39 is 0 Å². The molecule has 0 aromatic carbocycles. The summed E-state index contributed by atoms with van der Waals surface area (Å²) < 4.78 is 6.15. The highest BCUT2D eigenvalue weighted by atomic mass is 16.5. The average molecular weight is 167 g/mol. The van der Waals surface area contributed by atoms with Crippen LogP contribution >= 0.6 is 0 Å². The molecule has 1 saturated carbocycles. The molecule has 12 heavy (non-hydrogen) atoms. The molecule has 2 heterocycles. The van der Waals surface area contributed by atoms with Crippen molar-refractivity contribution in [1.82, 2.24) is 5.32 Å². The van der Waals surface area contributed by atoms with E-state index in [0.29, 0.717) is 11.7 Å². The van der Waals surface area contributed by atoms with E-state index in [1.54, 1.807) is 0 Å². The van der Waals surface area contributed by atoms with Gasteiger partial charge in [-0.05, 0) is 38.6 Å². The lowest BCUT2D eigenvalue weighted by atomic mass is 9.75. The topological polar surface area (TPSA) is 21.3 Å². The summed E-state index contributed by atoms with van der Waals surface area (Å²) in [7, 11) is 0. The van der Waals surface area contributed by atoms with Crippen LogP contribution in [0.5, 0.6) is 0 Å². The molecule has 3 fully saturated rings. The third kappa shape index (κ3) is 0.944. The van der Waals surface area contributed by atoms with Crippen LogP contribution in [0.15, 0.2) is 0 Å². The highest BCUT2D eigenvalue weighted by Gasteiger charge is 2.49. The zero-order valence-corrected chi connectivity index (χ0v) is 7.51. The molecule has 1 N–H and O–H groups in total. The normalized spacial score (nSPS) is 44.0. The molecule has 3 rings (SSSR count). The Morgan fingerprint density at radius 2 is 2.25 bits per heavy atom. The lowest BCUT2D eigenvalue weighted by Gasteiger charge is -2.37. The van der Waals surface area contributed by atoms with Crippen LogP contribution in [-0.4, -0.2) is 24.8 Å². The maximum absolute atomic E-state index is 6.15. The summed E-state index contributed by atoms with van der Waals surface area (Å²) in [5, 5.41) is 3.46. The standard InChI is InChI=1S/C10H17NO/c1-3-10(4-1)6-8-7-11-5-2-9(8)12-10/h8-9,11H,1-7H2. The van der Waals surface area contributed by atoms with Gasteiger partial charge in [-0.25, -0.2) is 0 Å². The van der Waals surface area contributed by atoms with E-state index in [4.69, 9.17) is 4.74 Å². The third-order valence-electron chi connectivity index (χ3n) is 3.84. The predicted octanol–water partition coefficient (Wildman–Crippen LogP) is 1.31. The summed E-state index contributed by atoms with van der Waals surface area (Å²) in [6.07, 6.45) is 7.25. The lowest BCUT2D eigenvalue weighted by Crippen LogP contribution is -2.37. The van der Waals surface area contributed by atoms with Crippen LogP contribution < -0.4 is 5.32 Å². The molecule has 0 amide bonds. The summed E-state index contributed by atoms with van der Waals surface area (Å²) in [5.74, 6) is 0.832. The van der Waals surface area contributed by atoms with Crippen molar-refractivity contribution in [1.29, 1.82) is 0 Å². The van der Waals surface area contributed by atoms with Crippen LogP contribution in [-0.2, 0) is 4.74 Å². The second-order valence-electron chi connectivity index (χ2n) is 4.65. The molecule has 2 aliphatic heterocycles. The number of nitrogens with one attached hydrogen (secondary N) is 1. The summed E-state index contributed by atoms with van der Waals surface area (Å²) in [6, 6.07) is 0. The Morgan fingerprint density at radius 3 is 2.92 bits per heavy atom. The smallest absolute Gasteiger partial charge is 0.0690 e. The second kappa shape index (κ2) is 2.46. The minimum absolute atomic E-state index is 0.362. The Morgan fingerprint density at radius 1 is 1.33 bits per heavy atom. The van der Waals surface area contributed by atoms with Crippen LogP contribution in [0.2, 0.25) is 0 Å². The fourth-order valence-corrected chi connectivity index (χ4v) is 3.00. The van der Waals surface area contributed by atoms with Crippen LogP contribution in [0.3, 0.4) is 0 Å². The molecule has 0 bridgehead atoms. The largest absolute Gasteiger partial charge is 0.371 e. The summed E-state index contributed by atoms with van der Waals surface area (Å²) in [4.78, 5) is 0. The first-order valence-electron chi connectivity index (χ1n) is 5.27. The van der Waals surface area contributed by atoms with Crippen molar-refractivity contribution in [2.45, 2.75) is 43.8 Å². The lowest BCUT2D eigenvalue weighted by molar-refractivity contribution is -0.0961. The average Bonchev–Trinajstić information content (AvgIpc) is 2.42. The molecule has 2 atom stereocenters. The molecule has 0 radical (unpaired) electrons. The predicted molar refractivity (Wildman–Crippen MR) is 47.0 cm³/mol. The molecule has 2 nitrogen and oxygen atoms in total. The first-order valence-corrected chi connectivity index (χ1v) is 5.27. The number of ether oxygens (including phenoxy) is 1. The minimum atomic E-state index is 0.362. The van der Waals surface area contributed by atoms with E-state index in [9.17, 15) is 0 Å². The molecule has 2 saturated heterocycles. The van der Waals surface area contributed by atoms with E-state index in [2.05, 4.69) is 5.32 Å². The molecule has 2 heteroatoms. The quantitative estimate of drug-likeness (QED) is 0.587. The molecule has 3 aliphatic rings. The van der Waals surface area contributed by atoms with Gasteiger partial charge in [-0.2, -0.15) is 0 Å². The molecule has 68 valence electrons. The molecule has 1 aliphatic carbocycles. The van der Waals surface area contributed by atoms with Gasteiger partial charge in [0, 0.05) is 12.5 Å². The Balaban J connectivity index is 1.74. The van der Waals surface area contributed by atoms with Crippen molar-refractivity contribution in [3.8, 4) is 0 Å². The highest BCUT2D eigenvalue weighted by molar-refractivity contribution is 5.01. The van der Waals surface area contributed by atoms with Crippen molar-refractivity contribution in [2.75, 3.05) is 13.1 Å². The van der Waals surface area contributed by atoms with Gasteiger partial charge in [0.1, 0.15) is 0 Å². The Kier molecular flexibility index (Phi) is 1.50. The van der Waals surface area contributed by atoms with Crippen molar-refractivity contribution < 1.29 is 4.74 Å². The molecule has 0 aromatic rings. The maximum Gasteiger partial charge on any atom is 0.0690 e. The number of fused-ring (bicyclic) bond motifs is 1. The molecule has 1 spiro atoms. The van der Waals surface area contributed by atoms with Crippen molar-refractivity contribution >= 4 is 0 Å². The summed E-state index contributed by atoms with van der Waals surface area (Å²) in [5.41, 5.74) is 0.362. The van der Waals surface area contributed by atoms with Gasteiger partial charge in [0.15, 0.2) is 0 Å². The zero-order valence-electron chi connectivity index (χ0n) is 7.51. The van der Waals surface area contributed by atoms with Crippen molar-refractivity contribution in [3.63, 3.8) is 0 Å². The first-order chi connectivity index (χ1) is 5.88. The first kappa shape index (κ1) is 7.34. The number of hydrogen-bond donors (Lipinski definition) is 1. The highest BCUT2D eigenvalue weighted by Crippen LogP contribution is 2.49. The van der Waals surface area contributed by atoms with Gasteiger partial charge in [-0.3, -0.25) is 0 Å².